The van der Waals surface area contributed by atoms with Gasteiger partial charge in [-0.25, -0.2) is 9.18 Å². The lowest BCUT2D eigenvalue weighted by atomic mass is 9.77. The van der Waals surface area contributed by atoms with E-state index in [1.807, 2.05) is 24.3 Å². The molecule has 2 nitrogen and oxygen atoms in total. The predicted molar refractivity (Wildman–Crippen MR) is 99.8 cm³/mol. The number of carbonyl (C=O) groups is 1. The molecular weight excluding hydrogens is 339 g/mol. The van der Waals surface area contributed by atoms with Crippen molar-refractivity contribution in [3.05, 3.63) is 70.2 Å². The van der Waals surface area contributed by atoms with Gasteiger partial charge in [-0.2, -0.15) is 0 Å². The van der Waals surface area contributed by atoms with Crippen molar-refractivity contribution in [3.63, 3.8) is 0 Å². The SMILES string of the molecule is COC(=O)[C@](F)(c1ccc(Cl)cc1)[C@H](C)c1cccc(C(C)(C)C)c1. The number of halogens is 2. The van der Waals surface area contributed by atoms with E-state index in [4.69, 9.17) is 16.3 Å². The summed E-state index contributed by atoms with van der Waals surface area (Å²) in [6.07, 6.45) is 0. The molecule has 0 amide bonds. The maximum atomic E-state index is 16.0. The quantitative estimate of drug-likeness (QED) is 0.644. The Morgan fingerprint density at radius 1 is 1.08 bits per heavy atom. The second kappa shape index (κ2) is 7.17. The summed E-state index contributed by atoms with van der Waals surface area (Å²) >= 11 is 5.90. The Labute approximate surface area is 154 Å². The molecule has 0 unspecified atom stereocenters. The van der Waals surface area contributed by atoms with Gasteiger partial charge in [0.05, 0.1) is 7.11 Å². The Kier molecular flexibility index (Phi) is 5.58. The van der Waals surface area contributed by atoms with Crippen molar-refractivity contribution in [3.8, 4) is 0 Å². The smallest absolute Gasteiger partial charge is 0.349 e. The Morgan fingerprint density at radius 3 is 2.20 bits per heavy atom. The van der Waals surface area contributed by atoms with Crippen molar-refractivity contribution >= 4 is 17.6 Å². The minimum absolute atomic E-state index is 0.0692. The van der Waals surface area contributed by atoms with Crippen LogP contribution in [0.2, 0.25) is 5.02 Å². The van der Waals surface area contributed by atoms with Gasteiger partial charge in [0.25, 0.3) is 0 Å². The van der Waals surface area contributed by atoms with Crippen molar-refractivity contribution in [1.82, 2.24) is 0 Å². The van der Waals surface area contributed by atoms with Gasteiger partial charge in [-0.3, -0.25) is 0 Å². The molecule has 0 fully saturated rings. The number of alkyl halides is 1. The molecule has 0 bridgehead atoms. The molecule has 0 aromatic heterocycles. The number of ether oxygens (including phenoxy) is 1. The molecule has 0 spiro atoms. The van der Waals surface area contributed by atoms with Crippen LogP contribution in [0.1, 0.15) is 50.3 Å². The number of hydrogen-bond acceptors (Lipinski definition) is 2. The fourth-order valence-electron chi connectivity index (χ4n) is 2.89. The van der Waals surface area contributed by atoms with E-state index >= 15 is 4.39 Å². The first-order valence-corrected chi connectivity index (χ1v) is 8.62. The minimum Gasteiger partial charge on any atom is -0.466 e. The monoisotopic (exact) mass is 362 g/mol. The van der Waals surface area contributed by atoms with Gasteiger partial charge < -0.3 is 4.74 Å². The predicted octanol–water partition coefficient (Wildman–Crippen LogP) is 5.78. The van der Waals surface area contributed by atoms with E-state index in [9.17, 15) is 4.79 Å². The molecule has 0 aliphatic rings. The molecule has 2 aromatic rings. The third-order valence-corrected chi connectivity index (χ3v) is 4.85. The fourth-order valence-corrected chi connectivity index (χ4v) is 3.02. The molecule has 0 aliphatic heterocycles. The summed E-state index contributed by atoms with van der Waals surface area (Å²) in [4.78, 5) is 12.4. The van der Waals surface area contributed by atoms with Crippen LogP contribution in [0.25, 0.3) is 0 Å². The normalized spacial score (nSPS) is 15.3. The van der Waals surface area contributed by atoms with E-state index in [1.54, 1.807) is 19.1 Å². The molecule has 0 saturated heterocycles. The van der Waals surface area contributed by atoms with Gasteiger partial charge in [0.15, 0.2) is 0 Å². The van der Waals surface area contributed by atoms with Crippen molar-refractivity contribution in [2.75, 3.05) is 7.11 Å². The number of hydrogen-bond donors (Lipinski definition) is 0. The summed E-state index contributed by atoms with van der Waals surface area (Å²) in [7, 11) is 1.20. The topological polar surface area (TPSA) is 26.3 Å². The number of carbonyl (C=O) groups excluding carboxylic acids is 1. The zero-order valence-electron chi connectivity index (χ0n) is 15.3. The highest BCUT2D eigenvalue weighted by Crippen LogP contribution is 2.42. The largest absolute Gasteiger partial charge is 0.466 e. The first kappa shape index (κ1) is 19.5. The maximum absolute atomic E-state index is 16.0. The average Bonchev–Trinajstić information content (AvgIpc) is 2.59. The highest BCUT2D eigenvalue weighted by atomic mass is 35.5. The Hall–Kier alpha value is -1.87. The minimum atomic E-state index is -2.30. The van der Waals surface area contributed by atoms with Crippen LogP contribution < -0.4 is 0 Å². The van der Waals surface area contributed by atoms with E-state index in [-0.39, 0.29) is 11.0 Å². The van der Waals surface area contributed by atoms with Gasteiger partial charge >= 0.3 is 5.97 Å². The second-order valence-electron chi connectivity index (χ2n) is 7.31. The molecule has 0 saturated carbocycles. The van der Waals surface area contributed by atoms with Crippen molar-refractivity contribution in [1.29, 1.82) is 0 Å². The number of methoxy groups -OCH3 is 1. The summed E-state index contributed by atoms with van der Waals surface area (Å²) in [5.41, 5.74) is -0.302. The lowest BCUT2D eigenvalue weighted by Gasteiger charge is -2.31. The highest BCUT2D eigenvalue weighted by molar-refractivity contribution is 6.30. The maximum Gasteiger partial charge on any atom is 0.349 e. The molecule has 2 atom stereocenters. The van der Waals surface area contributed by atoms with Crippen molar-refractivity contribution in [2.45, 2.75) is 44.7 Å². The third kappa shape index (κ3) is 3.87. The molecule has 4 heteroatoms. The Balaban J connectivity index is 2.55. The first-order chi connectivity index (χ1) is 11.6. The fraction of sp³-hybridized carbons (Fsp3) is 0.381. The summed E-state index contributed by atoms with van der Waals surface area (Å²) in [6, 6.07) is 13.9. The molecule has 0 N–H and O–H groups in total. The van der Waals surface area contributed by atoms with Gasteiger partial charge in [0.1, 0.15) is 0 Å². The zero-order chi connectivity index (χ0) is 18.8. The molecule has 0 aliphatic carbocycles. The average molecular weight is 363 g/mol. The lowest BCUT2D eigenvalue weighted by Crippen LogP contribution is -2.37. The summed E-state index contributed by atoms with van der Waals surface area (Å²) < 4.78 is 20.8. The number of esters is 1. The molecule has 2 rings (SSSR count). The van der Waals surface area contributed by atoms with Crippen LogP contribution in [0, 0.1) is 0 Å². The molecular formula is C21H24ClFO2. The van der Waals surface area contributed by atoms with Crippen LogP contribution in [0.3, 0.4) is 0 Å². The van der Waals surface area contributed by atoms with E-state index in [2.05, 4.69) is 20.8 Å². The molecule has 25 heavy (non-hydrogen) atoms. The van der Waals surface area contributed by atoms with E-state index in [0.29, 0.717) is 5.02 Å². The third-order valence-electron chi connectivity index (χ3n) is 4.60. The van der Waals surface area contributed by atoms with Crippen LogP contribution in [-0.4, -0.2) is 13.1 Å². The number of benzene rings is 2. The van der Waals surface area contributed by atoms with Gasteiger partial charge in [-0.1, -0.05) is 75.7 Å². The van der Waals surface area contributed by atoms with Gasteiger partial charge in [-0.15, -0.1) is 0 Å². The summed E-state index contributed by atoms with van der Waals surface area (Å²) in [6.45, 7) is 7.99. The lowest BCUT2D eigenvalue weighted by molar-refractivity contribution is -0.157. The Morgan fingerprint density at radius 2 is 1.68 bits per heavy atom. The number of rotatable bonds is 4. The molecule has 134 valence electrons. The van der Waals surface area contributed by atoms with E-state index in [0.717, 1.165) is 11.1 Å². The van der Waals surface area contributed by atoms with Crippen LogP contribution in [-0.2, 0) is 20.6 Å². The molecule has 0 heterocycles. The van der Waals surface area contributed by atoms with Crippen LogP contribution >= 0.6 is 11.6 Å². The van der Waals surface area contributed by atoms with Crippen molar-refractivity contribution in [2.24, 2.45) is 0 Å². The van der Waals surface area contributed by atoms with E-state index in [1.165, 1.54) is 19.2 Å². The van der Waals surface area contributed by atoms with Crippen LogP contribution in [0.4, 0.5) is 4.39 Å². The van der Waals surface area contributed by atoms with Gasteiger partial charge in [-0.05, 0) is 28.7 Å². The zero-order valence-corrected chi connectivity index (χ0v) is 16.0. The Bertz CT molecular complexity index is 749. The highest BCUT2D eigenvalue weighted by Gasteiger charge is 2.48. The standard InChI is InChI=1S/C21H24ClFO2/c1-14(15-7-6-8-17(13-15)20(2,3)4)21(23,19(24)25-5)16-9-11-18(22)12-10-16/h6-14H,1-5H3/t14-,21-/m1/s1. The van der Waals surface area contributed by atoms with E-state index < -0.39 is 17.6 Å². The molecule has 2 aromatic carbocycles. The summed E-state index contributed by atoms with van der Waals surface area (Å²) in [5, 5.41) is 0.485. The van der Waals surface area contributed by atoms with Crippen molar-refractivity contribution < 1.29 is 13.9 Å². The van der Waals surface area contributed by atoms with Crippen LogP contribution in [0.5, 0.6) is 0 Å². The first-order valence-electron chi connectivity index (χ1n) is 8.24. The summed E-state index contributed by atoms with van der Waals surface area (Å²) in [5.74, 6) is -1.63. The molecule has 0 radical (unpaired) electrons. The second-order valence-corrected chi connectivity index (χ2v) is 7.74. The van der Waals surface area contributed by atoms with Crippen LogP contribution in [0.15, 0.2) is 48.5 Å². The van der Waals surface area contributed by atoms with Gasteiger partial charge in [0.2, 0.25) is 5.67 Å². The van der Waals surface area contributed by atoms with Gasteiger partial charge in [0, 0.05) is 16.5 Å².